The van der Waals surface area contributed by atoms with Crippen molar-refractivity contribution in [3.05, 3.63) is 63.6 Å². The van der Waals surface area contributed by atoms with Crippen LogP contribution in [0.1, 0.15) is 22.6 Å². The standard InChI is InChI=1S/C20H20N4O4/c1-11-8-24-9-13(21-19(24)4-12(11)10-25)5-18-22-15-7-17(28-3)16(27-2)6-14(15)20(26)23-18/h4,6-9,25H,5,10H2,1-3H3,(H,22,23,26). The second-order valence-electron chi connectivity index (χ2n) is 6.55. The first-order valence-electron chi connectivity index (χ1n) is 8.75. The van der Waals surface area contributed by atoms with Crippen LogP contribution in [0.2, 0.25) is 0 Å². The van der Waals surface area contributed by atoms with Crippen molar-refractivity contribution in [1.82, 2.24) is 19.4 Å². The Morgan fingerprint density at radius 1 is 1.11 bits per heavy atom. The molecule has 8 nitrogen and oxygen atoms in total. The van der Waals surface area contributed by atoms with E-state index >= 15 is 0 Å². The molecule has 28 heavy (non-hydrogen) atoms. The van der Waals surface area contributed by atoms with Crippen LogP contribution < -0.4 is 15.0 Å². The van der Waals surface area contributed by atoms with Gasteiger partial charge in [0, 0.05) is 24.9 Å². The van der Waals surface area contributed by atoms with E-state index in [-0.39, 0.29) is 12.2 Å². The van der Waals surface area contributed by atoms with Gasteiger partial charge in [0.25, 0.3) is 5.56 Å². The second kappa shape index (κ2) is 6.97. The van der Waals surface area contributed by atoms with Gasteiger partial charge >= 0.3 is 0 Å². The fourth-order valence-corrected chi connectivity index (χ4v) is 3.26. The molecule has 0 amide bonds. The number of ether oxygens (including phenoxy) is 2. The number of benzene rings is 1. The van der Waals surface area contributed by atoms with Gasteiger partial charge < -0.3 is 24.0 Å². The van der Waals surface area contributed by atoms with E-state index in [1.165, 1.54) is 14.2 Å². The van der Waals surface area contributed by atoms with Gasteiger partial charge in [0.05, 0.1) is 37.4 Å². The van der Waals surface area contributed by atoms with E-state index in [0.29, 0.717) is 34.6 Å². The summed E-state index contributed by atoms with van der Waals surface area (Å²) in [5.74, 6) is 1.50. The number of fused-ring (bicyclic) bond motifs is 2. The monoisotopic (exact) mass is 380 g/mol. The molecule has 4 aromatic rings. The number of methoxy groups -OCH3 is 2. The van der Waals surface area contributed by atoms with Crippen molar-refractivity contribution in [3.8, 4) is 11.5 Å². The molecule has 3 aromatic heterocycles. The molecule has 144 valence electrons. The number of H-pyrrole nitrogens is 1. The molecule has 3 heterocycles. The molecule has 8 heteroatoms. The molecule has 2 N–H and O–H groups in total. The van der Waals surface area contributed by atoms with Gasteiger partial charge in [0.1, 0.15) is 11.5 Å². The number of nitrogens with one attached hydrogen (secondary N) is 1. The Morgan fingerprint density at radius 3 is 2.57 bits per heavy atom. The van der Waals surface area contributed by atoms with Crippen molar-refractivity contribution < 1.29 is 14.6 Å². The zero-order valence-corrected chi connectivity index (χ0v) is 15.8. The number of aliphatic hydroxyl groups excluding tert-OH is 1. The highest BCUT2D eigenvalue weighted by Crippen LogP contribution is 2.30. The number of hydrogen-bond acceptors (Lipinski definition) is 6. The van der Waals surface area contributed by atoms with Gasteiger partial charge in [-0.3, -0.25) is 4.79 Å². The van der Waals surface area contributed by atoms with E-state index in [1.54, 1.807) is 12.1 Å². The Labute approximate surface area is 160 Å². The molecular weight excluding hydrogens is 360 g/mol. The molecule has 0 aliphatic carbocycles. The smallest absolute Gasteiger partial charge is 0.258 e. The fourth-order valence-electron chi connectivity index (χ4n) is 3.26. The van der Waals surface area contributed by atoms with E-state index in [9.17, 15) is 9.90 Å². The first-order chi connectivity index (χ1) is 13.5. The minimum Gasteiger partial charge on any atom is -0.493 e. The molecule has 0 saturated heterocycles. The fraction of sp³-hybridized carbons (Fsp3) is 0.250. The normalized spacial score (nSPS) is 11.3. The molecule has 0 aliphatic rings. The third kappa shape index (κ3) is 3.07. The third-order valence-corrected chi connectivity index (χ3v) is 4.73. The predicted molar refractivity (Wildman–Crippen MR) is 104 cm³/mol. The van der Waals surface area contributed by atoms with Crippen molar-refractivity contribution in [3.63, 3.8) is 0 Å². The van der Waals surface area contributed by atoms with Crippen LogP contribution in [0.5, 0.6) is 11.5 Å². The Bertz CT molecular complexity index is 1240. The summed E-state index contributed by atoms with van der Waals surface area (Å²) in [6.07, 6.45) is 4.18. The molecule has 0 fully saturated rings. The predicted octanol–water partition coefficient (Wildman–Crippen LogP) is 1.98. The highest BCUT2D eigenvalue weighted by Gasteiger charge is 2.12. The summed E-state index contributed by atoms with van der Waals surface area (Å²) in [6, 6.07) is 5.16. The van der Waals surface area contributed by atoms with Crippen LogP contribution in [0.4, 0.5) is 0 Å². The van der Waals surface area contributed by atoms with E-state index in [0.717, 1.165) is 22.5 Å². The summed E-state index contributed by atoms with van der Waals surface area (Å²) in [7, 11) is 3.06. The first kappa shape index (κ1) is 18.0. The third-order valence-electron chi connectivity index (χ3n) is 4.73. The zero-order valence-electron chi connectivity index (χ0n) is 15.8. The number of aromatic amines is 1. The lowest BCUT2D eigenvalue weighted by Crippen LogP contribution is -2.12. The Kier molecular flexibility index (Phi) is 4.48. The van der Waals surface area contributed by atoms with Crippen LogP contribution in [-0.2, 0) is 13.0 Å². The van der Waals surface area contributed by atoms with Gasteiger partial charge in [-0.15, -0.1) is 0 Å². The number of imidazole rings is 1. The Morgan fingerprint density at radius 2 is 1.86 bits per heavy atom. The van der Waals surface area contributed by atoms with E-state index in [4.69, 9.17) is 9.47 Å². The summed E-state index contributed by atoms with van der Waals surface area (Å²) in [6.45, 7) is 1.91. The lowest BCUT2D eigenvalue weighted by atomic mass is 10.2. The number of aryl methyl sites for hydroxylation is 1. The number of nitrogens with zero attached hydrogens (tertiary/aromatic N) is 3. The average Bonchev–Trinajstić information content (AvgIpc) is 3.07. The molecule has 0 spiro atoms. The topological polar surface area (TPSA) is 102 Å². The van der Waals surface area contributed by atoms with Gasteiger partial charge in [0.2, 0.25) is 0 Å². The summed E-state index contributed by atoms with van der Waals surface area (Å²) >= 11 is 0. The zero-order chi connectivity index (χ0) is 19.8. The number of rotatable bonds is 5. The SMILES string of the molecule is COc1cc2nc(Cc3cn4cc(C)c(CO)cc4n3)[nH]c(=O)c2cc1OC. The van der Waals surface area contributed by atoms with Crippen LogP contribution in [0, 0.1) is 6.92 Å². The number of aliphatic hydroxyl groups is 1. The highest BCUT2D eigenvalue weighted by molar-refractivity contribution is 5.81. The molecule has 0 bridgehead atoms. The molecule has 0 atom stereocenters. The minimum absolute atomic E-state index is 0.0324. The maximum atomic E-state index is 12.5. The van der Waals surface area contributed by atoms with Gasteiger partial charge in [-0.25, -0.2) is 9.97 Å². The van der Waals surface area contributed by atoms with Gasteiger partial charge in [-0.1, -0.05) is 0 Å². The van der Waals surface area contributed by atoms with Crippen molar-refractivity contribution in [2.45, 2.75) is 20.0 Å². The van der Waals surface area contributed by atoms with Crippen molar-refractivity contribution in [1.29, 1.82) is 0 Å². The number of pyridine rings is 1. The van der Waals surface area contributed by atoms with E-state index in [1.807, 2.05) is 29.8 Å². The van der Waals surface area contributed by atoms with Gasteiger partial charge in [0.15, 0.2) is 11.5 Å². The maximum Gasteiger partial charge on any atom is 0.258 e. The largest absolute Gasteiger partial charge is 0.493 e. The molecule has 0 aliphatic heterocycles. The van der Waals surface area contributed by atoms with Crippen molar-refractivity contribution >= 4 is 16.6 Å². The lowest BCUT2D eigenvalue weighted by molar-refractivity contribution is 0.281. The quantitative estimate of drug-likeness (QED) is 0.549. The minimum atomic E-state index is -0.247. The van der Waals surface area contributed by atoms with Crippen LogP contribution in [0.3, 0.4) is 0 Å². The molecule has 0 saturated carbocycles. The molecule has 0 unspecified atom stereocenters. The summed E-state index contributed by atoms with van der Waals surface area (Å²) < 4.78 is 12.5. The van der Waals surface area contributed by atoms with Crippen molar-refractivity contribution in [2.75, 3.05) is 14.2 Å². The summed E-state index contributed by atoms with van der Waals surface area (Å²) in [5.41, 5.74) is 3.60. The van der Waals surface area contributed by atoms with E-state index in [2.05, 4.69) is 15.0 Å². The molecule has 0 radical (unpaired) electrons. The number of aromatic nitrogens is 4. The maximum absolute atomic E-state index is 12.5. The highest BCUT2D eigenvalue weighted by atomic mass is 16.5. The molecular formula is C20H20N4O4. The van der Waals surface area contributed by atoms with Crippen LogP contribution in [0.25, 0.3) is 16.6 Å². The Hall–Kier alpha value is -3.39. The van der Waals surface area contributed by atoms with Crippen LogP contribution >= 0.6 is 0 Å². The van der Waals surface area contributed by atoms with E-state index < -0.39 is 0 Å². The second-order valence-corrected chi connectivity index (χ2v) is 6.55. The Balaban J connectivity index is 1.75. The van der Waals surface area contributed by atoms with Crippen LogP contribution in [0.15, 0.2) is 35.4 Å². The van der Waals surface area contributed by atoms with Crippen molar-refractivity contribution in [2.24, 2.45) is 0 Å². The average molecular weight is 380 g/mol. The lowest BCUT2D eigenvalue weighted by Gasteiger charge is -2.09. The van der Waals surface area contributed by atoms with Gasteiger partial charge in [-0.05, 0) is 30.2 Å². The number of hydrogen-bond donors (Lipinski definition) is 2. The first-order valence-corrected chi connectivity index (χ1v) is 8.75. The van der Waals surface area contributed by atoms with Crippen LogP contribution in [-0.4, -0.2) is 38.7 Å². The summed E-state index contributed by atoms with van der Waals surface area (Å²) in [5, 5.41) is 9.86. The molecule has 1 aromatic carbocycles. The van der Waals surface area contributed by atoms with Gasteiger partial charge in [-0.2, -0.15) is 0 Å². The molecule has 4 rings (SSSR count). The summed E-state index contributed by atoms with van der Waals surface area (Å²) in [4.78, 5) is 24.5.